The summed E-state index contributed by atoms with van der Waals surface area (Å²) in [7, 11) is 1.09. The van der Waals surface area contributed by atoms with Crippen LogP contribution in [0.4, 0.5) is 14.5 Å². The van der Waals surface area contributed by atoms with Gasteiger partial charge in [0.15, 0.2) is 0 Å². The zero-order valence-electron chi connectivity index (χ0n) is 6.88. The Kier molecular flexibility index (Phi) is 3.00. The lowest BCUT2D eigenvalue weighted by molar-refractivity contribution is -0.388. The lowest BCUT2D eigenvalue weighted by Crippen LogP contribution is -1.99. The van der Waals surface area contributed by atoms with E-state index < -0.39 is 32.5 Å². The molecule has 0 saturated heterocycles. The number of methoxy groups -OCH3 is 1. The average molecular weight is 268 g/mol. The summed E-state index contributed by atoms with van der Waals surface area (Å²) in [6.45, 7) is 0. The third kappa shape index (κ3) is 1.67. The minimum Gasteiger partial charge on any atom is -0.490 e. The second-order valence-electron chi connectivity index (χ2n) is 2.29. The van der Waals surface area contributed by atoms with Crippen LogP contribution in [0.3, 0.4) is 0 Å². The Bertz CT molecular complexity index is 397. The van der Waals surface area contributed by atoms with E-state index in [2.05, 4.69) is 20.7 Å². The standard InChI is InChI=1S/C7H4BrF2NO3/c1-14-4-2-3(9)5(8)6(10)7(4)11(12)13/h2H,1H3. The Balaban J connectivity index is 3.53. The quantitative estimate of drug-likeness (QED) is 0.470. The maximum absolute atomic E-state index is 13.2. The molecule has 0 aliphatic rings. The van der Waals surface area contributed by atoms with Crippen LogP contribution in [0.25, 0.3) is 0 Å². The fourth-order valence-corrected chi connectivity index (χ4v) is 1.19. The molecule has 0 aromatic heterocycles. The molecule has 0 heterocycles. The van der Waals surface area contributed by atoms with Crippen molar-refractivity contribution in [2.45, 2.75) is 0 Å². The van der Waals surface area contributed by atoms with Gasteiger partial charge in [0, 0.05) is 6.07 Å². The van der Waals surface area contributed by atoms with Gasteiger partial charge in [0.1, 0.15) is 5.82 Å². The molecule has 0 bridgehead atoms. The topological polar surface area (TPSA) is 52.4 Å². The van der Waals surface area contributed by atoms with Crippen molar-refractivity contribution in [3.8, 4) is 5.75 Å². The molecule has 0 radical (unpaired) electrons. The molecule has 0 fully saturated rings. The van der Waals surface area contributed by atoms with E-state index in [9.17, 15) is 18.9 Å². The normalized spacial score (nSPS) is 10.0. The average Bonchev–Trinajstić information content (AvgIpc) is 2.12. The van der Waals surface area contributed by atoms with E-state index in [1.807, 2.05) is 0 Å². The number of rotatable bonds is 2. The van der Waals surface area contributed by atoms with Crippen molar-refractivity contribution in [3.63, 3.8) is 0 Å². The molecule has 0 spiro atoms. The van der Waals surface area contributed by atoms with Gasteiger partial charge < -0.3 is 4.74 Å². The highest BCUT2D eigenvalue weighted by molar-refractivity contribution is 9.10. The van der Waals surface area contributed by atoms with Gasteiger partial charge in [-0.25, -0.2) is 4.39 Å². The van der Waals surface area contributed by atoms with Crippen molar-refractivity contribution in [2.24, 2.45) is 0 Å². The third-order valence-electron chi connectivity index (χ3n) is 1.50. The molecule has 0 atom stereocenters. The lowest BCUT2D eigenvalue weighted by atomic mass is 10.2. The number of nitrogens with zero attached hydrogens (tertiary/aromatic N) is 1. The number of ether oxygens (including phenoxy) is 1. The first-order valence-electron chi connectivity index (χ1n) is 3.35. The first kappa shape index (κ1) is 10.8. The molecular formula is C7H4BrF2NO3. The van der Waals surface area contributed by atoms with E-state index in [1.165, 1.54) is 0 Å². The van der Waals surface area contributed by atoms with Gasteiger partial charge in [-0.15, -0.1) is 0 Å². The van der Waals surface area contributed by atoms with E-state index in [0.717, 1.165) is 13.2 Å². The number of halogens is 3. The SMILES string of the molecule is COc1cc(F)c(Br)c(F)c1[N+](=O)[O-]. The highest BCUT2D eigenvalue weighted by Gasteiger charge is 2.26. The Morgan fingerprint density at radius 3 is 2.57 bits per heavy atom. The van der Waals surface area contributed by atoms with Crippen molar-refractivity contribution in [2.75, 3.05) is 7.11 Å². The minimum absolute atomic E-state index is 0.451. The van der Waals surface area contributed by atoms with E-state index in [-0.39, 0.29) is 0 Å². The molecule has 7 heteroatoms. The van der Waals surface area contributed by atoms with E-state index >= 15 is 0 Å². The van der Waals surface area contributed by atoms with Gasteiger partial charge in [-0.3, -0.25) is 10.1 Å². The van der Waals surface area contributed by atoms with Crippen molar-refractivity contribution >= 4 is 21.6 Å². The smallest absolute Gasteiger partial charge is 0.347 e. The molecule has 4 nitrogen and oxygen atoms in total. The van der Waals surface area contributed by atoms with Gasteiger partial charge in [0.25, 0.3) is 0 Å². The van der Waals surface area contributed by atoms with Crippen LogP contribution < -0.4 is 4.74 Å². The van der Waals surface area contributed by atoms with Crippen molar-refractivity contribution in [1.29, 1.82) is 0 Å². The monoisotopic (exact) mass is 267 g/mol. The largest absolute Gasteiger partial charge is 0.490 e. The highest BCUT2D eigenvalue weighted by Crippen LogP contribution is 2.36. The predicted octanol–water partition coefficient (Wildman–Crippen LogP) is 2.64. The number of benzene rings is 1. The molecule has 1 aromatic rings. The third-order valence-corrected chi connectivity index (χ3v) is 2.23. The summed E-state index contributed by atoms with van der Waals surface area (Å²) in [5, 5.41) is 10.4. The van der Waals surface area contributed by atoms with Crippen LogP contribution >= 0.6 is 15.9 Å². The van der Waals surface area contributed by atoms with Crippen LogP contribution in [0.15, 0.2) is 10.5 Å². The van der Waals surface area contributed by atoms with Gasteiger partial charge in [0.2, 0.25) is 11.6 Å². The summed E-state index contributed by atoms with van der Waals surface area (Å²) < 4.78 is 29.9. The van der Waals surface area contributed by atoms with Crippen molar-refractivity contribution in [3.05, 3.63) is 32.3 Å². The van der Waals surface area contributed by atoms with Crippen LogP contribution in [-0.4, -0.2) is 12.0 Å². The maximum Gasteiger partial charge on any atom is 0.347 e. The molecule has 0 aliphatic carbocycles. The summed E-state index contributed by atoms with van der Waals surface area (Å²) in [4.78, 5) is 9.43. The Labute approximate surface area is 85.8 Å². The summed E-state index contributed by atoms with van der Waals surface area (Å²) >= 11 is 2.55. The van der Waals surface area contributed by atoms with E-state index in [0.29, 0.717) is 0 Å². The molecule has 14 heavy (non-hydrogen) atoms. The number of nitro groups is 1. The fourth-order valence-electron chi connectivity index (χ4n) is 0.889. The molecule has 0 amide bonds. The van der Waals surface area contributed by atoms with Crippen molar-refractivity contribution in [1.82, 2.24) is 0 Å². The molecule has 0 aliphatic heterocycles. The lowest BCUT2D eigenvalue weighted by Gasteiger charge is -2.04. The molecule has 76 valence electrons. The van der Waals surface area contributed by atoms with Crippen LogP contribution in [0.2, 0.25) is 0 Å². The summed E-state index contributed by atoms with van der Waals surface area (Å²) in [6, 6.07) is 0.741. The Morgan fingerprint density at radius 1 is 1.57 bits per heavy atom. The van der Waals surface area contributed by atoms with Crippen LogP contribution in [-0.2, 0) is 0 Å². The van der Waals surface area contributed by atoms with Crippen LogP contribution in [0, 0.1) is 21.7 Å². The summed E-state index contributed by atoms with van der Waals surface area (Å²) in [5.41, 5.74) is -0.888. The molecule has 0 saturated carbocycles. The minimum atomic E-state index is -1.29. The Hall–Kier alpha value is -1.24. The zero-order valence-corrected chi connectivity index (χ0v) is 8.47. The molecule has 1 rings (SSSR count). The highest BCUT2D eigenvalue weighted by atomic mass is 79.9. The Morgan fingerprint density at radius 2 is 2.14 bits per heavy atom. The molecule has 0 unspecified atom stereocenters. The van der Waals surface area contributed by atoms with Crippen molar-refractivity contribution < 1.29 is 18.4 Å². The first-order chi connectivity index (χ1) is 6.49. The predicted molar refractivity (Wildman–Crippen MR) is 47.3 cm³/mol. The molecule has 0 N–H and O–H groups in total. The van der Waals surface area contributed by atoms with Crippen LogP contribution in [0.5, 0.6) is 5.75 Å². The van der Waals surface area contributed by atoms with Crippen LogP contribution in [0.1, 0.15) is 0 Å². The first-order valence-corrected chi connectivity index (χ1v) is 4.14. The molecule has 1 aromatic carbocycles. The second kappa shape index (κ2) is 3.87. The zero-order chi connectivity index (χ0) is 10.9. The van der Waals surface area contributed by atoms with Gasteiger partial charge in [0.05, 0.1) is 16.5 Å². The fraction of sp³-hybridized carbons (Fsp3) is 0.143. The van der Waals surface area contributed by atoms with Gasteiger partial charge in [-0.2, -0.15) is 4.39 Å². The van der Waals surface area contributed by atoms with E-state index in [4.69, 9.17) is 0 Å². The number of hydrogen-bond acceptors (Lipinski definition) is 3. The summed E-state index contributed by atoms with van der Waals surface area (Å²) in [6.07, 6.45) is 0. The summed E-state index contributed by atoms with van der Waals surface area (Å²) in [5.74, 6) is -2.69. The number of nitro benzene ring substituents is 1. The van der Waals surface area contributed by atoms with Gasteiger partial charge in [-0.1, -0.05) is 0 Å². The van der Waals surface area contributed by atoms with Gasteiger partial charge >= 0.3 is 5.69 Å². The maximum atomic E-state index is 13.2. The second-order valence-corrected chi connectivity index (χ2v) is 3.09. The molecular weight excluding hydrogens is 264 g/mol. The number of hydrogen-bond donors (Lipinski definition) is 0. The van der Waals surface area contributed by atoms with E-state index in [1.54, 1.807) is 0 Å². The van der Waals surface area contributed by atoms with Gasteiger partial charge in [-0.05, 0) is 15.9 Å².